The van der Waals surface area contributed by atoms with Gasteiger partial charge in [0.25, 0.3) is 5.09 Å². The van der Waals surface area contributed by atoms with Crippen molar-refractivity contribution in [1.29, 1.82) is 0 Å². The Morgan fingerprint density at radius 3 is 1.83 bits per heavy atom. The Balaban J connectivity index is -0.00000000750. The van der Waals surface area contributed by atoms with Crippen LogP contribution in [-0.4, -0.2) is 66.9 Å². The summed E-state index contributed by atoms with van der Waals surface area (Å²) in [5.74, 6) is 0. The molecule has 0 bridgehead atoms. The van der Waals surface area contributed by atoms with Crippen LogP contribution in [0.25, 0.3) is 0 Å². The molecule has 0 unspecified atom stereocenters. The van der Waals surface area contributed by atoms with Gasteiger partial charge in [0, 0.05) is 18.9 Å². The van der Waals surface area contributed by atoms with E-state index in [0.717, 1.165) is 0 Å². The Kier molecular flexibility index (Phi) is 24.7. The van der Waals surface area contributed by atoms with Crippen LogP contribution in [0.5, 0.6) is 0 Å². The van der Waals surface area contributed by atoms with Crippen molar-refractivity contribution in [1.82, 2.24) is 0 Å². The molecule has 1 N–H and O–H groups in total. The van der Waals surface area contributed by atoms with Gasteiger partial charge in [-0.05, 0) is 0 Å². The van der Waals surface area contributed by atoms with E-state index in [4.69, 9.17) is 15.3 Å². The Morgan fingerprint density at radius 1 is 1.83 bits per heavy atom. The van der Waals surface area contributed by atoms with Crippen LogP contribution in [0.2, 0.25) is 0 Å². The predicted octanol–water partition coefficient (Wildman–Crippen LogP) is -0.884. The first-order valence-electron chi connectivity index (χ1n) is 0.565. The Bertz CT molecular complexity index is 40.3. The Hall–Kier alpha value is 1.06. The molecule has 6 heavy (non-hydrogen) atoms. The Labute approximate surface area is 79.2 Å². The van der Waals surface area contributed by atoms with Gasteiger partial charge in [0.1, 0.15) is 0 Å². The second-order valence-corrected chi connectivity index (χ2v) is 0.238. The van der Waals surface area contributed by atoms with Crippen molar-refractivity contribution >= 4 is 56.6 Å². The van der Waals surface area contributed by atoms with E-state index < -0.39 is 5.09 Å². The zero-order valence-corrected chi connectivity index (χ0v) is 5.63. The normalized spacial score (nSPS) is 4.00. The maximum Gasteiger partial charge on any atom is 2.00 e. The molecule has 0 saturated heterocycles. The summed E-state index contributed by atoms with van der Waals surface area (Å²) in [7, 11) is 0. The first kappa shape index (κ1) is 15.7. The minimum Gasteiger partial charge on any atom is -1.00 e. The van der Waals surface area contributed by atoms with Crippen LogP contribution >= 0.6 is 0 Å². The first-order valence-corrected chi connectivity index (χ1v) is 0.565. The molecule has 0 aromatic rings. The van der Waals surface area contributed by atoms with Crippen LogP contribution in [0.15, 0.2) is 0 Å². The standard InChI is InChI=1S/Ca.Li.HNO3.2H/c;;2-1(3)4;;/h;;(H,2,3,4);;/q+2;;;2*-1. The minimum atomic E-state index is -1.50. The van der Waals surface area contributed by atoms with E-state index in [-0.39, 0.29) is 59.5 Å². The quantitative estimate of drug-likeness (QED) is 0.251. The van der Waals surface area contributed by atoms with E-state index in [2.05, 4.69) is 0 Å². The maximum absolute atomic E-state index is 8.36. The number of hydrogen-bond donors (Lipinski definition) is 1. The smallest absolute Gasteiger partial charge is 1.00 e. The Morgan fingerprint density at radius 2 is 1.83 bits per heavy atom. The van der Waals surface area contributed by atoms with Crippen LogP contribution in [0.1, 0.15) is 2.85 Å². The average Bonchev–Trinajstić information content (AvgIpc) is 0.811. The van der Waals surface area contributed by atoms with Crippen LogP contribution in [0.4, 0.5) is 0 Å². The molecule has 0 atom stereocenters. The largest absolute Gasteiger partial charge is 2.00 e. The van der Waals surface area contributed by atoms with Gasteiger partial charge in [-0.2, -0.15) is 0 Å². The topological polar surface area (TPSA) is 63.4 Å². The number of nitrogens with zero attached hydrogens (tertiary/aromatic N) is 1. The van der Waals surface area contributed by atoms with Crippen molar-refractivity contribution in [3.05, 3.63) is 10.1 Å². The van der Waals surface area contributed by atoms with Gasteiger partial charge >= 0.3 is 37.7 Å². The third-order valence-electron chi connectivity index (χ3n) is 0. The minimum absolute atomic E-state index is 0. The van der Waals surface area contributed by atoms with Gasteiger partial charge in [0.05, 0.1) is 0 Å². The zero-order chi connectivity index (χ0) is 3.58. The van der Waals surface area contributed by atoms with E-state index in [1.165, 1.54) is 0 Å². The van der Waals surface area contributed by atoms with Gasteiger partial charge in [-0.1, -0.05) is 0 Å². The van der Waals surface area contributed by atoms with Crippen molar-refractivity contribution < 1.29 is 13.1 Å². The molecule has 0 aliphatic carbocycles. The molecule has 0 aliphatic rings. The van der Waals surface area contributed by atoms with E-state index in [9.17, 15) is 0 Å². The molecule has 1 radical (unpaired) electrons. The van der Waals surface area contributed by atoms with E-state index in [1.54, 1.807) is 0 Å². The van der Waals surface area contributed by atoms with Crippen LogP contribution in [-0.2, 0) is 0 Å². The fourth-order valence-electron chi connectivity index (χ4n) is 0. The van der Waals surface area contributed by atoms with E-state index in [1.807, 2.05) is 0 Å². The number of rotatable bonds is 0. The molecule has 0 aromatic heterocycles. The zero-order valence-electron chi connectivity index (χ0n) is 5.42. The molecule has 0 rings (SSSR count). The molecular formula is H3CaLiNO3. The van der Waals surface area contributed by atoms with Gasteiger partial charge in [-0.15, -0.1) is 10.1 Å². The van der Waals surface area contributed by atoms with Gasteiger partial charge in [0.2, 0.25) is 0 Å². The fraction of sp³-hybridized carbons (Fsp3) is 0. The number of hydrogen-bond acceptors (Lipinski definition) is 2. The fourth-order valence-corrected chi connectivity index (χ4v) is 0. The summed E-state index contributed by atoms with van der Waals surface area (Å²) >= 11 is 0. The predicted molar refractivity (Wildman–Crippen MR) is 22.5 cm³/mol. The average molecular weight is 112 g/mol. The third kappa shape index (κ3) is 74.5. The maximum atomic E-state index is 8.36. The summed E-state index contributed by atoms with van der Waals surface area (Å²) in [4.78, 5) is 8.36. The summed E-state index contributed by atoms with van der Waals surface area (Å²) in [6.45, 7) is 0. The summed E-state index contributed by atoms with van der Waals surface area (Å²) in [5, 5.41) is 13.6. The van der Waals surface area contributed by atoms with Crippen molar-refractivity contribution in [2.24, 2.45) is 0 Å². The van der Waals surface area contributed by atoms with Crippen LogP contribution in [0, 0.1) is 10.1 Å². The van der Waals surface area contributed by atoms with Gasteiger partial charge in [0.15, 0.2) is 0 Å². The molecule has 0 aromatic carbocycles. The molecule has 4 nitrogen and oxygen atoms in total. The molecule has 0 aliphatic heterocycles. The molecule has 0 saturated carbocycles. The van der Waals surface area contributed by atoms with Crippen molar-refractivity contribution in [2.75, 3.05) is 0 Å². The summed E-state index contributed by atoms with van der Waals surface area (Å²) in [6.07, 6.45) is 0. The summed E-state index contributed by atoms with van der Waals surface area (Å²) in [6, 6.07) is 0. The van der Waals surface area contributed by atoms with Crippen LogP contribution in [0.3, 0.4) is 0 Å². The van der Waals surface area contributed by atoms with Crippen molar-refractivity contribution in [3.63, 3.8) is 0 Å². The summed E-state index contributed by atoms with van der Waals surface area (Å²) < 4.78 is 0. The molecule has 0 amide bonds. The van der Waals surface area contributed by atoms with E-state index >= 15 is 0 Å². The summed E-state index contributed by atoms with van der Waals surface area (Å²) in [5.41, 5.74) is 0. The third-order valence-corrected chi connectivity index (χ3v) is 0. The van der Waals surface area contributed by atoms with Gasteiger partial charge < -0.3 is 8.06 Å². The molecule has 0 heterocycles. The second kappa shape index (κ2) is 9.41. The molecular weight excluding hydrogens is 109 g/mol. The van der Waals surface area contributed by atoms with Crippen LogP contribution < -0.4 is 0 Å². The molecule has 0 spiro atoms. The first-order chi connectivity index (χ1) is 1.73. The van der Waals surface area contributed by atoms with E-state index in [0.29, 0.717) is 0 Å². The molecule has 29 valence electrons. The monoisotopic (exact) mass is 112 g/mol. The molecule has 6 heteroatoms. The SMILES string of the molecule is O=[N+]([O-])O.[Ca+2].[H-].[H-].[Li]. The molecule has 0 fully saturated rings. The van der Waals surface area contributed by atoms with Gasteiger partial charge in [-0.3, -0.25) is 0 Å². The second-order valence-electron chi connectivity index (χ2n) is 0.238. The van der Waals surface area contributed by atoms with Crippen molar-refractivity contribution in [2.45, 2.75) is 0 Å². The van der Waals surface area contributed by atoms with Gasteiger partial charge in [-0.25, -0.2) is 0 Å². The van der Waals surface area contributed by atoms with Crippen molar-refractivity contribution in [3.8, 4) is 0 Å².